The molecule has 0 fully saturated rings. The van der Waals surface area contributed by atoms with Gasteiger partial charge in [-0.3, -0.25) is 0 Å². The lowest BCUT2D eigenvalue weighted by Crippen LogP contribution is -2.29. The minimum atomic E-state index is -6.09. The molecule has 0 aliphatic rings. The SMILES string of the molecule is C[n+]1ccccc1OCc1ccccc1.O=S(=O)([O-])C(F)(F)F. The van der Waals surface area contributed by atoms with Crippen molar-refractivity contribution in [2.45, 2.75) is 12.1 Å². The van der Waals surface area contributed by atoms with Crippen molar-refractivity contribution in [3.05, 3.63) is 60.3 Å². The Morgan fingerprint density at radius 3 is 2.09 bits per heavy atom. The summed E-state index contributed by atoms with van der Waals surface area (Å²) in [5, 5.41) is 0. The van der Waals surface area contributed by atoms with Gasteiger partial charge in [0.15, 0.2) is 16.3 Å². The molecule has 0 atom stereocenters. The maximum Gasteiger partial charge on any atom is 0.485 e. The van der Waals surface area contributed by atoms with Crippen LogP contribution in [0.1, 0.15) is 5.56 Å². The zero-order chi connectivity index (χ0) is 17.5. The van der Waals surface area contributed by atoms with Crippen molar-refractivity contribution in [1.29, 1.82) is 0 Å². The van der Waals surface area contributed by atoms with Gasteiger partial charge in [0.05, 0.1) is 6.07 Å². The van der Waals surface area contributed by atoms with Crippen molar-refractivity contribution < 1.29 is 35.4 Å². The average Bonchev–Trinajstić information content (AvgIpc) is 2.46. The summed E-state index contributed by atoms with van der Waals surface area (Å²) >= 11 is 0. The smallest absolute Gasteiger partial charge is 0.485 e. The van der Waals surface area contributed by atoms with Crippen LogP contribution in [0.25, 0.3) is 0 Å². The highest BCUT2D eigenvalue weighted by molar-refractivity contribution is 7.86. The van der Waals surface area contributed by atoms with Gasteiger partial charge < -0.3 is 9.29 Å². The second-order valence-corrected chi connectivity index (χ2v) is 5.70. The van der Waals surface area contributed by atoms with Crippen LogP contribution in [-0.4, -0.2) is 18.5 Å². The van der Waals surface area contributed by atoms with Crippen molar-refractivity contribution >= 4 is 10.1 Å². The van der Waals surface area contributed by atoms with Crippen molar-refractivity contribution in [2.75, 3.05) is 0 Å². The predicted octanol–water partition coefficient (Wildman–Crippen LogP) is 2.14. The van der Waals surface area contributed by atoms with Crippen molar-refractivity contribution in [1.82, 2.24) is 0 Å². The molecule has 1 aromatic carbocycles. The summed E-state index contributed by atoms with van der Waals surface area (Å²) in [6.45, 7) is 0.610. The van der Waals surface area contributed by atoms with E-state index in [9.17, 15) is 13.2 Å². The lowest BCUT2D eigenvalue weighted by molar-refractivity contribution is -0.677. The summed E-state index contributed by atoms with van der Waals surface area (Å²) in [4.78, 5) is 0. The monoisotopic (exact) mass is 349 g/mol. The lowest BCUT2D eigenvalue weighted by atomic mass is 10.2. The Labute approximate surface area is 131 Å². The van der Waals surface area contributed by atoms with Crippen LogP contribution in [0.4, 0.5) is 13.2 Å². The number of rotatable bonds is 3. The fourth-order valence-corrected chi connectivity index (χ4v) is 1.39. The van der Waals surface area contributed by atoms with E-state index < -0.39 is 15.6 Å². The van der Waals surface area contributed by atoms with Crippen molar-refractivity contribution in [2.24, 2.45) is 7.05 Å². The van der Waals surface area contributed by atoms with E-state index in [1.54, 1.807) is 0 Å². The molecule has 1 aromatic heterocycles. The van der Waals surface area contributed by atoms with Crippen LogP contribution >= 0.6 is 0 Å². The Hall–Kier alpha value is -2.13. The third-order valence-corrected chi connectivity index (χ3v) is 3.09. The van der Waals surface area contributed by atoms with Crippen LogP contribution in [-0.2, 0) is 23.8 Å². The largest absolute Gasteiger partial charge is 0.741 e. The highest BCUT2D eigenvalue weighted by Crippen LogP contribution is 2.20. The third-order valence-electron chi connectivity index (χ3n) is 2.52. The van der Waals surface area contributed by atoms with Gasteiger partial charge in [-0.15, -0.1) is 0 Å². The van der Waals surface area contributed by atoms with Gasteiger partial charge in [0.1, 0.15) is 13.7 Å². The zero-order valence-corrected chi connectivity index (χ0v) is 12.8. The van der Waals surface area contributed by atoms with E-state index in [4.69, 9.17) is 17.7 Å². The van der Waals surface area contributed by atoms with Crippen LogP contribution in [0.2, 0.25) is 0 Å². The number of alkyl halides is 3. The first kappa shape index (κ1) is 18.9. The van der Waals surface area contributed by atoms with E-state index in [2.05, 4.69) is 12.1 Å². The van der Waals surface area contributed by atoms with Crippen LogP contribution in [0.15, 0.2) is 54.7 Å². The molecule has 0 spiro atoms. The molecule has 0 saturated carbocycles. The standard InChI is InChI=1S/C13H14NO.CHF3O3S/c1-14-10-6-5-9-13(14)15-11-12-7-3-2-4-8-12;2-1(3,4)8(5,6)7/h2-10H,11H2,1H3;(H,5,6,7)/q+1;/p-1. The zero-order valence-electron chi connectivity index (χ0n) is 12.0. The van der Waals surface area contributed by atoms with E-state index in [0.717, 1.165) is 5.88 Å². The molecule has 23 heavy (non-hydrogen) atoms. The van der Waals surface area contributed by atoms with Crippen LogP contribution in [0.3, 0.4) is 0 Å². The summed E-state index contributed by atoms with van der Waals surface area (Å²) in [6.07, 6.45) is 1.97. The molecule has 0 unspecified atom stereocenters. The van der Waals surface area contributed by atoms with Crippen molar-refractivity contribution in [3.63, 3.8) is 0 Å². The van der Waals surface area contributed by atoms with Crippen LogP contribution in [0.5, 0.6) is 5.88 Å². The number of aryl methyl sites for hydroxylation is 1. The third kappa shape index (κ3) is 6.66. The molecule has 0 bridgehead atoms. The number of halogens is 3. The molecule has 126 valence electrons. The Kier molecular flexibility index (Phi) is 6.52. The quantitative estimate of drug-likeness (QED) is 0.484. The minimum absolute atomic E-state index is 0.610. The molecule has 2 aromatic rings. The molecule has 0 amide bonds. The van der Waals surface area contributed by atoms with Gasteiger partial charge in [-0.25, -0.2) is 8.42 Å². The van der Waals surface area contributed by atoms with Gasteiger partial charge >= 0.3 is 11.4 Å². The fourth-order valence-electron chi connectivity index (χ4n) is 1.39. The molecule has 0 saturated heterocycles. The first-order valence-corrected chi connectivity index (χ1v) is 7.65. The summed E-state index contributed by atoms with van der Waals surface area (Å²) < 4.78 is 66.5. The molecule has 0 aliphatic heterocycles. The van der Waals surface area contributed by atoms with E-state index in [1.165, 1.54) is 5.56 Å². The van der Waals surface area contributed by atoms with Crippen LogP contribution in [0, 0.1) is 0 Å². The highest BCUT2D eigenvalue weighted by atomic mass is 32.2. The number of aromatic nitrogens is 1. The number of ether oxygens (including phenoxy) is 1. The van der Waals surface area contributed by atoms with E-state index >= 15 is 0 Å². The first-order valence-electron chi connectivity index (χ1n) is 6.25. The van der Waals surface area contributed by atoms with Gasteiger partial charge in [-0.1, -0.05) is 30.3 Å². The van der Waals surface area contributed by atoms with Crippen LogP contribution < -0.4 is 9.30 Å². The second kappa shape index (κ2) is 7.93. The van der Waals surface area contributed by atoms with E-state index in [-0.39, 0.29) is 0 Å². The molecule has 0 aliphatic carbocycles. The molecule has 5 nitrogen and oxygen atoms in total. The molecule has 9 heteroatoms. The Morgan fingerprint density at radius 2 is 1.61 bits per heavy atom. The predicted molar refractivity (Wildman–Crippen MR) is 74.1 cm³/mol. The first-order chi connectivity index (χ1) is 10.6. The minimum Gasteiger partial charge on any atom is -0.741 e. The topological polar surface area (TPSA) is 70.3 Å². The Bertz CT molecular complexity index is 718. The van der Waals surface area contributed by atoms with E-state index in [0.29, 0.717) is 6.61 Å². The molecular formula is C14H14F3NO4S. The van der Waals surface area contributed by atoms with Gasteiger partial charge in [-0.05, 0) is 11.6 Å². The maximum absolute atomic E-state index is 10.7. The van der Waals surface area contributed by atoms with Gasteiger partial charge in [-0.2, -0.15) is 17.7 Å². The van der Waals surface area contributed by atoms with Gasteiger partial charge in [0, 0.05) is 6.07 Å². The Balaban J connectivity index is 0.000000284. The summed E-state index contributed by atoms with van der Waals surface area (Å²) in [5.41, 5.74) is -4.46. The normalized spacial score (nSPS) is 11.3. The molecule has 1 heterocycles. The second-order valence-electron chi connectivity index (χ2n) is 4.32. The van der Waals surface area contributed by atoms with E-state index in [1.807, 2.05) is 54.2 Å². The van der Waals surface area contributed by atoms with Gasteiger partial charge in [0.2, 0.25) is 0 Å². The molecule has 0 radical (unpaired) electrons. The summed E-state index contributed by atoms with van der Waals surface area (Å²) in [7, 11) is -4.12. The lowest BCUT2D eigenvalue weighted by Gasteiger charge is -2.08. The Morgan fingerprint density at radius 1 is 1.09 bits per heavy atom. The number of hydrogen-bond donors (Lipinski definition) is 0. The fraction of sp³-hybridized carbons (Fsp3) is 0.214. The molecular weight excluding hydrogens is 335 g/mol. The average molecular weight is 349 g/mol. The number of hydrogen-bond acceptors (Lipinski definition) is 4. The number of nitrogens with zero attached hydrogens (tertiary/aromatic N) is 1. The number of benzene rings is 1. The molecule has 0 N–H and O–H groups in total. The number of pyridine rings is 1. The summed E-state index contributed by atoms with van der Waals surface area (Å²) in [6, 6.07) is 16.1. The maximum atomic E-state index is 10.7. The molecule has 2 rings (SSSR count). The van der Waals surface area contributed by atoms with Crippen molar-refractivity contribution in [3.8, 4) is 5.88 Å². The van der Waals surface area contributed by atoms with Gasteiger partial charge in [0.25, 0.3) is 0 Å². The highest BCUT2D eigenvalue weighted by Gasteiger charge is 2.36. The summed E-state index contributed by atoms with van der Waals surface area (Å²) in [5.74, 6) is 0.876.